The summed E-state index contributed by atoms with van der Waals surface area (Å²) >= 11 is 0. The van der Waals surface area contributed by atoms with Gasteiger partial charge in [0.25, 0.3) is 20.1 Å². The van der Waals surface area contributed by atoms with Crippen LogP contribution in [0.15, 0.2) is 151 Å². The molecule has 5 aromatic rings. The van der Waals surface area contributed by atoms with E-state index in [1.165, 1.54) is 12.0 Å². The van der Waals surface area contributed by atoms with E-state index >= 15 is 0 Å². The van der Waals surface area contributed by atoms with Crippen LogP contribution in [0.2, 0.25) is 5.04 Å². The van der Waals surface area contributed by atoms with Gasteiger partial charge in [0.1, 0.15) is 24.4 Å². The fourth-order valence-corrected chi connectivity index (χ4v) is 13.5. The Hall–Kier alpha value is -6.00. The van der Waals surface area contributed by atoms with E-state index in [0.717, 1.165) is 21.5 Å². The van der Waals surface area contributed by atoms with Gasteiger partial charge in [0, 0.05) is 24.5 Å². The zero-order valence-electron chi connectivity index (χ0n) is 37.6. The SMILES string of the molecule is COC(=O)[C@H](C[C@@H]1O[C@H](CN2C(=O)c3ccccc3C2=O)[C@@H](OCc2ccccc2)[C@@H]1OCc1ccccc1)NC[C@H](O)[C@@H](CO[Si](c1ccccc1)(c1ccccc1)C(C)(C)C)N=[N+]=[N-]. The van der Waals surface area contributed by atoms with Crippen molar-refractivity contribution in [1.82, 2.24) is 10.2 Å². The predicted molar refractivity (Wildman–Crippen MR) is 251 cm³/mol. The minimum absolute atomic E-state index is 0.0204. The second-order valence-corrected chi connectivity index (χ2v) is 21.8. The minimum Gasteiger partial charge on any atom is -0.468 e. The van der Waals surface area contributed by atoms with Crippen LogP contribution >= 0.6 is 0 Å². The molecule has 2 N–H and O–H groups in total. The van der Waals surface area contributed by atoms with Gasteiger partial charge in [-0.25, -0.2) is 0 Å². The molecule has 15 heteroatoms. The molecule has 2 heterocycles. The largest absolute Gasteiger partial charge is 0.468 e. The zero-order chi connectivity index (χ0) is 46.7. The van der Waals surface area contributed by atoms with Crippen molar-refractivity contribution in [2.24, 2.45) is 5.11 Å². The van der Waals surface area contributed by atoms with Crippen LogP contribution in [0.5, 0.6) is 0 Å². The molecule has 1 saturated heterocycles. The highest BCUT2D eigenvalue weighted by Gasteiger charge is 2.52. The molecule has 0 aromatic heterocycles. The van der Waals surface area contributed by atoms with Crippen LogP contribution in [0.25, 0.3) is 10.4 Å². The number of carbonyl (C=O) groups excluding carboxylic acids is 3. The Morgan fingerprint density at radius 3 is 1.71 bits per heavy atom. The first-order valence-electron chi connectivity index (χ1n) is 22.2. The highest BCUT2D eigenvalue weighted by Crippen LogP contribution is 2.37. The molecule has 0 unspecified atom stereocenters. The quantitative estimate of drug-likeness (QED) is 0.0210. The van der Waals surface area contributed by atoms with Crippen LogP contribution < -0.4 is 15.7 Å². The molecule has 14 nitrogen and oxygen atoms in total. The molecule has 0 aliphatic carbocycles. The molecule has 1 fully saturated rings. The number of rotatable bonds is 21. The van der Waals surface area contributed by atoms with Gasteiger partial charge >= 0.3 is 5.97 Å². The Morgan fingerprint density at radius 2 is 1.24 bits per heavy atom. The zero-order valence-corrected chi connectivity index (χ0v) is 38.6. The molecule has 7 rings (SSSR count). The second-order valence-electron chi connectivity index (χ2n) is 17.5. The van der Waals surface area contributed by atoms with Crippen molar-refractivity contribution >= 4 is 36.5 Å². The van der Waals surface area contributed by atoms with E-state index < -0.39 is 68.7 Å². The third kappa shape index (κ3) is 10.8. The number of nitrogens with one attached hydrogen (secondary N) is 1. The highest BCUT2D eigenvalue weighted by molar-refractivity contribution is 6.99. The molecule has 344 valence electrons. The molecule has 0 saturated carbocycles. The Bertz CT molecular complexity index is 2360. The summed E-state index contributed by atoms with van der Waals surface area (Å²) in [5.41, 5.74) is 12.1. The number of fused-ring (bicyclic) bond motifs is 1. The van der Waals surface area contributed by atoms with Crippen molar-refractivity contribution in [2.45, 2.75) is 88.0 Å². The molecule has 2 aliphatic heterocycles. The number of ether oxygens (including phenoxy) is 4. The fourth-order valence-electron chi connectivity index (χ4n) is 8.96. The van der Waals surface area contributed by atoms with Gasteiger partial charge in [-0.3, -0.25) is 19.3 Å². The number of azide groups is 1. The van der Waals surface area contributed by atoms with Crippen molar-refractivity contribution in [3.8, 4) is 0 Å². The Morgan fingerprint density at radius 1 is 0.773 bits per heavy atom. The van der Waals surface area contributed by atoms with E-state index in [-0.39, 0.29) is 44.4 Å². The number of benzene rings is 5. The molecule has 2 aliphatic rings. The maximum absolute atomic E-state index is 13.7. The molecule has 2 amide bonds. The summed E-state index contributed by atoms with van der Waals surface area (Å²) in [5, 5.41) is 20.6. The summed E-state index contributed by atoms with van der Waals surface area (Å²) in [6.07, 6.45) is -4.63. The summed E-state index contributed by atoms with van der Waals surface area (Å²) in [6.45, 7) is 6.30. The van der Waals surface area contributed by atoms with Gasteiger partial charge in [-0.2, -0.15) is 0 Å². The first-order valence-corrected chi connectivity index (χ1v) is 24.1. The minimum atomic E-state index is -3.08. The average molecular weight is 912 g/mol. The van der Waals surface area contributed by atoms with E-state index in [2.05, 4.69) is 60.4 Å². The summed E-state index contributed by atoms with van der Waals surface area (Å²) in [5.74, 6) is -1.52. The Balaban J connectivity index is 1.14. The first kappa shape index (κ1) is 47.9. The van der Waals surface area contributed by atoms with Gasteiger partial charge < -0.3 is 33.8 Å². The van der Waals surface area contributed by atoms with Crippen LogP contribution in [0, 0.1) is 0 Å². The number of hydrogen-bond acceptors (Lipinski definition) is 11. The van der Waals surface area contributed by atoms with Gasteiger partial charge in [-0.05, 0) is 44.2 Å². The van der Waals surface area contributed by atoms with Gasteiger partial charge in [0.15, 0.2) is 0 Å². The van der Waals surface area contributed by atoms with E-state index in [1.807, 2.05) is 97.1 Å². The number of nitrogens with zero attached hydrogens (tertiary/aromatic N) is 4. The molecule has 0 bridgehead atoms. The maximum atomic E-state index is 13.7. The summed E-state index contributed by atoms with van der Waals surface area (Å²) < 4.78 is 32.3. The number of imide groups is 1. The number of methoxy groups -OCH3 is 1. The first-order chi connectivity index (χ1) is 31.9. The van der Waals surface area contributed by atoms with Crippen LogP contribution in [0.1, 0.15) is 59.0 Å². The summed E-state index contributed by atoms with van der Waals surface area (Å²) in [7, 11) is -1.81. The Kier molecular flexibility index (Phi) is 16.0. The van der Waals surface area contributed by atoms with E-state index in [1.54, 1.807) is 24.3 Å². The summed E-state index contributed by atoms with van der Waals surface area (Å²) in [4.78, 5) is 45.2. The monoisotopic (exact) mass is 911 g/mol. The van der Waals surface area contributed by atoms with E-state index in [4.69, 9.17) is 23.4 Å². The van der Waals surface area contributed by atoms with Crippen molar-refractivity contribution in [2.75, 3.05) is 26.8 Å². The highest BCUT2D eigenvalue weighted by atomic mass is 28.4. The number of carbonyl (C=O) groups is 3. The van der Waals surface area contributed by atoms with Crippen LogP contribution in [-0.2, 0) is 41.4 Å². The lowest BCUT2D eigenvalue weighted by Crippen LogP contribution is -2.67. The van der Waals surface area contributed by atoms with Gasteiger partial charge in [-0.15, -0.1) is 0 Å². The van der Waals surface area contributed by atoms with Crippen molar-refractivity contribution in [1.29, 1.82) is 0 Å². The molecular weight excluding hydrogens is 855 g/mol. The third-order valence-electron chi connectivity index (χ3n) is 12.3. The normalized spacial score (nSPS) is 19.7. The lowest BCUT2D eigenvalue weighted by atomic mass is 10.00. The van der Waals surface area contributed by atoms with Gasteiger partial charge in [-0.1, -0.05) is 159 Å². The van der Waals surface area contributed by atoms with E-state index in [0.29, 0.717) is 11.1 Å². The standard InChI is InChI=1S/C51H57N5O9Si/c1-51(2,3)66(37-23-13-7-14-24-37,38-25-15-8-16-26-38)64-34-42(54-55-52)43(57)30-53-41(50(60)61-4)29-44-46(62-32-35-19-9-5-10-20-35)47(63-33-36-21-11-6-12-22-36)45(65-44)31-56-48(58)39-27-17-18-28-40(39)49(56)59/h5-28,41-47,53,57H,29-34H2,1-4H3/t41-,42+,43-,44-,45+,46+,47+/m0/s1. The smallest absolute Gasteiger partial charge is 0.322 e. The number of aliphatic hydroxyl groups excluding tert-OH is 1. The molecule has 66 heavy (non-hydrogen) atoms. The van der Waals surface area contributed by atoms with Gasteiger partial charge in [0.05, 0.1) is 56.2 Å². The Labute approximate surface area is 386 Å². The average Bonchev–Trinajstić information content (AvgIpc) is 3.79. The van der Waals surface area contributed by atoms with Crippen LogP contribution in [0.4, 0.5) is 0 Å². The molecule has 0 spiro atoms. The topological polar surface area (TPSA) is 182 Å². The van der Waals surface area contributed by atoms with Crippen molar-refractivity contribution in [3.63, 3.8) is 0 Å². The van der Waals surface area contributed by atoms with E-state index in [9.17, 15) is 25.0 Å². The van der Waals surface area contributed by atoms with Crippen LogP contribution in [0.3, 0.4) is 0 Å². The molecule has 5 aromatic carbocycles. The summed E-state index contributed by atoms with van der Waals surface area (Å²) in [6, 6.07) is 43.7. The lowest BCUT2D eigenvalue weighted by molar-refractivity contribution is -0.145. The third-order valence-corrected chi connectivity index (χ3v) is 17.3. The predicted octanol–water partition coefficient (Wildman–Crippen LogP) is 6.36. The van der Waals surface area contributed by atoms with Crippen molar-refractivity contribution in [3.05, 3.63) is 178 Å². The number of amides is 2. The molecule has 0 radical (unpaired) electrons. The maximum Gasteiger partial charge on any atom is 0.322 e. The fraction of sp³-hybridized carbons (Fsp3) is 0.353. The van der Waals surface area contributed by atoms with Crippen molar-refractivity contribution < 1.29 is 42.9 Å². The number of esters is 1. The molecular formula is C51H57N5O9Si. The number of hydrogen-bond donors (Lipinski definition) is 2. The number of aliphatic hydroxyl groups is 1. The second kappa shape index (κ2) is 22.0. The van der Waals surface area contributed by atoms with Gasteiger partial charge in [0.2, 0.25) is 0 Å². The lowest BCUT2D eigenvalue weighted by Gasteiger charge is -2.43. The van der Waals surface area contributed by atoms with Crippen LogP contribution in [-0.4, -0.2) is 106 Å². The molecule has 7 atom stereocenters.